The number of nitriles is 1. The van der Waals surface area contributed by atoms with Crippen LogP contribution in [0.15, 0.2) is 24.8 Å². The number of rotatable bonds is 1. The van der Waals surface area contributed by atoms with Crippen LogP contribution in [0, 0.1) is 11.3 Å². The molecule has 0 saturated heterocycles. The Kier molecular flexibility index (Phi) is 2.28. The first-order valence-electron chi connectivity index (χ1n) is 5.12. The number of pyridine rings is 1. The lowest BCUT2D eigenvalue weighted by molar-refractivity contribution is 0.893. The molecule has 18 heavy (non-hydrogen) atoms. The van der Waals surface area contributed by atoms with Gasteiger partial charge in [0.1, 0.15) is 23.1 Å². The average Bonchev–Trinajstić information content (AvgIpc) is 2.91. The molecule has 0 spiro atoms. The predicted molar refractivity (Wildman–Crippen MR) is 65.4 cm³/mol. The summed E-state index contributed by atoms with van der Waals surface area (Å²) >= 11 is 5.87. The van der Waals surface area contributed by atoms with Crippen LogP contribution in [-0.4, -0.2) is 24.1 Å². The molecule has 7 heteroatoms. The number of fused-ring (bicyclic) bond motifs is 1. The largest absolute Gasteiger partial charge is 0.324 e. The number of hydrogen-bond acceptors (Lipinski definition) is 4. The Bertz CT molecular complexity index is 779. The molecule has 0 amide bonds. The molecule has 0 radical (unpaired) electrons. The van der Waals surface area contributed by atoms with E-state index in [0.29, 0.717) is 27.8 Å². The van der Waals surface area contributed by atoms with Crippen molar-refractivity contribution in [2.45, 2.75) is 0 Å². The third-order valence-electron chi connectivity index (χ3n) is 2.61. The van der Waals surface area contributed by atoms with Crippen molar-refractivity contribution >= 4 is 22.8 Å². The zero-order chi connectivity index (χ0) is 12.7. The molecular formula is C11H7ClN6. The smallest absolute Gasteiger partial charge is 0.176 e. The minimum absolute atomic E-state index is 0.374. The van der Waals surface area contributed by atoms with Crippen molar-refractivity contribution in [2.75, 3.05) is 0 Å². The van der Waals surface area contributed by atoms with Crippen LogP contribution in [0.1, 0.15) is 5.69 Å². The van der Waals surface area contributed by atoms with Crippen molar-refractivity contribution in [3.8, 4) is 11.9 Å². The highest BCUT2D eigenvalue weighted by molar-refractivity contribution is 6.29. The van der Waals surface area contributed by atoms with E-state index in [1.807, 2.05) is 0 Å². The molecule has 0 saturated carbocycles. The minimum atomic E-state index is 0.374. The van der Waals surface area contributed by atoms with Crippen molar-refractivity contribution in [1.29, 1.82) is 5.26 Å². The Morgan fingerprint density at radius 2 is 2.11 bits per heavy atom. The number of aromatic nitrogens is 5. The molecule has 3 heterocycles. The van der Waals surface area contributed by atoms with Crippen LogP contribution in [0.4, 0.5) is 0 Å². The summed E-state index contributed by atoms with van der Waals surface area (Å²) in [6.45, 7) is 0. The van der Waals surface area contributed by atoms with E-state index < -0.39 is 0 Å². The van der Waals surface area contributed by atoms with Crippen molar-refractivity contribution in [1.82, 2.24) is 24.1 Å². The van der Waals surface area contributed by atoms with E-state index >= 15 is 0 Å². The second-order valence-corrected chi connectivity index (χ2v) is 4.12. The van der Waals surface area contributed by atoms with Gasteiger partial charge in [0.15, 0.2) is 17.2 Å². The summed E-state index contributed by atoms with van der Waals surface area (Å²) < 4.78 is 3.30. The number of hydrogen-bond donors (Lipinski definition) is 0. The van der Waals surface area contributed by atoms with Gasteiger partial charge in [0, 0.05) is 7.05 Å². The molecule has 3 rings (SSSR count). The zero-order valence-corrected chi connectivity index (χ0v) is 10.1. The van der Waals surface area contributed by atoms with Gasteiger partial charge >= 0.3 is 0 Å². The van der Waals surface area contributed by atoms with Crippen molar-refractivity contribution in [2.24, 2.45) is 7.05 Å². The fourth-order valence-electron chi connectivity index (χ4n) is 1.75. The Morgan fingerprint density at radius 1 is 1.28 bits per heavy atom. The molecule has 0 aliphatic rings. The van der Waals surface area contributed by atoms with E-state index in [1.165, 1.54) is 0 Å². The number of aryl methyl sites for hydroxylation is 1. The van der Waals surface area contributed by atoms with Gasteiger partial charge in [0.2, 0.25) is 0 Å². The van der Waals surface area contributed by atoms with Gasteiger partial charge in [-0.3, -0.25) is 4.57 Å². The summed E-state index contributed by atoms with van der Waals surface area (Å²) in [6, 6.07) is 5.55. The van der Waals surface area contributed by atoms with Crippen LogP contribution in [0.25, 0.3) is 17.0 Å². The van der Waals surface area contributed by atoms with Gasteiger partial charge in [-0.15, -0.1) is 0 Å². The summed E-state index contributed by atoms with van der Waals surface area (Å²) in [5, 5.41) is 9.50. The van der Waals surface area contributed by atoms with Crippen LogP contribution in [0.2, 0.25) is 5.15 Å². The van der Waals surface area contributed by atoms with Crippen molar-refractivity contribution in [3.63, 3.8) is 0 Å². The second-order valence-electron chi connectivity index (χ2n) is 3.73. The van der Waals surface area contributed by atoms with E-state index in [0.717, 1.165) is 0 Å². The summed E-state index contributed by atoms with van der Waals surface area (Å²) in [7, 11) is 1.76. The summed E-state index contributed by atoms with van der Waals surface area (Å²) in [5.41, 5.74) is 1.72. The van der Waals surface area contributed by atoms with Gasteiger partial charge < -0.3 is 4.57 Å². The summed E-state index contributed by atoms with van der Waals surface area (Å²) in [6.07, 6.45) is 3.15. The molecule has 0 bridgehead atoms. The lowest BCUT2D eigenvalue weighted by Crippen LogP contribution is -1.99. The van der Waals surface area contributed by atoms with Crippen LogP contribution in [0.3, 0.4) is 0 Å². The summed E-state index contributed by atoms with van der Waals surface area (Å²) in [4.78, 5) is 12.6. The average molecular weight is 259 g/mol. The Labute approximate surface area is 107 Å². The van der Waals surface area contributed by atoms with Crippen LogP contribution < -0.4 is 0 Å². The van der Waals surface area contributed by atoms with Gasteiger partial charge in [0.05, 0.1) is 6.33 Å². The topological polar surface area (TPSA) is 72.3 Å². The maximum absolute atomic E-state index is 9.12. The first kappa shape index (κ1) is 10.7. The molecule has 88 valence electrons. The van der Waals surface area contributed by atoms with Crippen LogP contribution in [-0.2, 0) is 7.05 Å². The maximum atomic E-state index is 9.12. The van der Waals surface area contributed by atoms with E-state index in [9.17, 15) is 0 Å². The zero-order valence-electron chi connectivity index (χ0n) is 9.37. The predicted octanol–water partition coefficient (Wildman–Crippen LogP) is 1.68. The van der Waals surface area contributed by atoms with Crippen molar-refractivity contribution < 1.29 is 0 Å². The van der Waals surface area contributed by atoms with Gasteiger partial charge in [-0.1, -0.05) is 11.6 Å². The second kappa shape index (κ2) is 3.82. The quantitative estimate of drug-likeness (QED) is 0.623. The number of nitrogens with zero attached hydrogens (tertiary/aromatic N) is 6. The SMILES string of the molecule is Cn1cnc(-n2cnc3ccc(Cl)nc32)c1C#N. The highest BCUT2D eigenvalue weighted by atomic mass is 35.5. The Balaban J connectivity index is 2.32. The molecule has 0 aromatic carbocycles. The van der Waals surface area contributed by atoms with Gasteiger partial charge in [-0.05, 0) is 12.1 Å². The maximum Gasteiger partial charge on any atom is 0.176 e. The number of imidazole rings is 2. The van der Waals surface area contributed by atoms with E-state index in [4.69, 9.17) is 16.9 Å². The monoisotopic (exact) mass is 258 g/mol. The van der Waals surface area contributed by atoms with Crippen molar-refractivity contribution in [3.05, 3.63) is 35.6 Å². The molecule has 0 N–H and O–H groups in total. The lowest BCUT2D eigenvalue weighted by atomic mass is 10.4. The van der Waals surface area contributed by atoms with Gasteiger partial charge in [-0.2, -0.15) is 5.26 Å². The van der Waals surface area contributed by atoms with Crippen LogP contribution >= 0.6 is 11.6 Å². The molecule has 3 aromatic heterocycles. The Morgan fingerprint density at radius 3 is 2.89 bits per heavy atom. The van der Waals surface area contributed by atoms with E-state index in [-0.39, 0.29) is 0 Å². The molecule has 0 aliphatic heterocycles. The highest BCUT2D eigenvalue weighted by Crippen LogP contribution is 2.19. The third-order valence-corrected chi connectivity index (χ3v) is 2.82. The molecule has 0 fully saturated rings. The summed E-state index contributed by atoms with van der Waals surface area (Å²) in [5.74, 6) is 0.497. The van der Waals surface area contributed by atoms with Gasteiger partial charge in [-0.25, -0.2) is 15.0 Å². The number of halogens is 1. The first-order chi connectivity index (χ1) is 8.70. The normalized spacial score (nSPS) is 10.7. The van der Waals surface area contributed by atoms with Crippen LogP contribution in [0.5, 0.6) is 0 Å². The fourth-order valence-corrected chi connectivity index (χ4v) is 1.89. The van der Waals surface area contributed by atoms with E-state index in [1.54, 1.807) is 41.0 Å². The standard InChI is InChI=1S/C11H7ClN6/c1-17-5-15-11(8(17)4-13)18-6-14-7-2-3-9(12)16-10(7)18/h2-3,5-6H,1H3. The highest BCUT2D eigenvalue weighted by Gasteiger charge is 2.14. The molecule has 0 aliphatic carbocycles. The third kappa shape index (κ3) is 1.45. The first-order valence-corrected chi connectivity index (χ1v) is 5.50. The minimum Gasteiger partial charge on any atom is -0.324 e. The molecule has 6 nitrogen and oxygen atoms in total. The molecule has 3 aromatic rings. The van der Waals surface area contributed by atoms with E-state index in [2.05, 4.69) is 21.0 Å². The lowest BCUT2D eigenvalue weighted by Gasteiger charge is -2.00. The molecular weight excluding hydrogens is 252 g/mol. The Hall–Kier alpha value is -2.39. The molecule has 0 atom stereocenters. The molecule has 0 unspecified atom stereocenters. The fraction of sp³-hybridized carbons (Fsp3) is 0.0909. The van der Waals surface area contributed by atoms with Gasteiger partial charge in [0.25, 0.3) is 0 Å².